The third kappa shape index (κ3) is 4.13. The van der Waals surface area contributed by atoms with Crippen molar-refractivity contribution in [2.45, 2.75) is 39.5 Å². The quantitative estimate of drug-likeness (QED) is 0.819. The van der Waals surface area contributed by atoms with Crippen LogP contribution >= 0.6 is 0 Å². The maximum absolute atomic E-state index is 11.8. The van der Waals surface area contributed by atoms with Gasteiger partial charge in [-0.1, -0.05) is 12.1 Å². The number of methoxy groups -OCH3 is 1. The van der Waals surface area contributed by atoms with Crippen molar-refractivity contribution in [3.05, 3.63) is 23.8 Å². The van der Waals surface area contributed by atoms with E-state index in [1.54, 1.807) is 25.1 Å². The Labute approximate surface area is 113 Å². The van der Waals surface area contributed by atoms with Crippen LogP contribution < -0.4 is 14.8 Å². The minimum absolute atomic E-state index is 0.0496. The summed E-state index contributed by atoms with van der Waals surface area (Å²) in [6, 6.07) is 5.26. The SMILES string of the molecule is COc1cccc(CO)c1OC(C)C(=O)NC(C)C. The first-order valence-corrected chi connectivity index (χ1v) is 6.23. The number of amides is 1. The van der Waals surface area contributed by atoms with Crippen LogP contribution in [0.2, 0.25) is 0 Å². The van der Waals surface area contributed by atoms with Gasteiger partial charge >= 0.3 is 0 Å². The van der Waals surface area contributed by atoms with Gasteiger partial charge in [-0.15, -0.1) is 0 Å². The molecule has 1 aromatic carbocycles. The van der Waals surface area contributed by atoms with Crippen LogP contribution in [-0.4, -0.2) is 30.3 Å². The molecule has 0 aliphatic heterocycles. The molecule has 19 heavy (non-hydrogen) atoms. The monoisotopic (exact) mass is 267 g/mol. The fourth-order valence-electron chi connectivity index (χ4n) is 1.61. The van der Waals surface area contributed by atoms with Crippen LogP contribution in [0.5, 0.6) is 11.5 Å². The van der Waals surface area contributed by atoms with Gasteiger partial charge in [0.1, 0.15) is 0 Å². The van der Waals surface area contributed by atoms with E-state index >= 15 is 0 Å². The molecule has 5 nitrogen and oxygen atoms in total. The Morgan fingerprint density at radius 2 is 2.05 bits per heavy atom. The number of benzene rings is 1. The van der Waals surface area contributed by atoms with Crippen LogP contribution in [0.3, 0.4) is 0 Å². The zero-order valence-electron chi connectivity index (χ0n) is 11.8. The first-order valence-electron chi connectivity index (χ1n) is 6.23. The number of aliphatic hydroxyl groups is 1. The van der Waals surface area contributed by atoms with E-state index in [1.807, 2.05) is 13.8 Å². The minimum Gasteiger partial charge on any atom is -0.493 e. The van der Waals surface area contributed by atoms with Gasteiger partial charge in [-0.25, -0.2) is 0 Å². The van der Waals surface area contributed by atoms with Crippen molar-refractivity contribution in [2.75, 3.05) is 7.11 Å². The molecular formula is C14H21NO4. The summed E-state index contributed by atoms with van der Waals surface area (Å²) < 4.78 is 10.8. The van der Waals surface area contributed by atoms with Gasteiger partial charge in [0.25, 0.3) is 5.91 Å². The molecule has 0 bridgehead atoms. The lowest BCUT2D eigenvalue weighted by atomic mass is 10.2. The fraction of sp³-hybridized carbons (Fsp3) is 0.500. The van der Waals surface area contributed by atoms with E-state index in [-0.39, 0.29) is 18.6 Å². The Morgan fingerprint density at radius 3 is 2.58 bits per heavy atom. The van der Waals surface area contributed by atoms with Gasteiger partial charge < -0.3 is 19.9 Å². The first-order chi connectivity index (χ1) is 8.99. The Kier molecular flexibility index (Phi) is 5.63. The molecule has 2 N–H and O–H groups in total. The molecule has 1 atom stereocenters. The Morgan fingerprint density at radius 1 is 1.37 bits per heavy atom. The Bertz CT molecular complexity index is 409. The standard InChI is InChI=1S/C14H21NO4/c1-9(2)15-14(17)10(3)19-13-11(8-16)6-5-7-12(13)18-4/h5-7,9-10,16H,8H2,1-4H3,(H,15,17). The van der Waals surface area contributed by atoms with Crippen LogP contribution in [-0.2, 0) is 11.4 Å². The summed E-state index contributed by atoms with van der Waals surface area (Å²) in [6.07, 6.45) is -0.663. The second-order valence-corrected chi connectivity index (χ2v) is 4.53. The highest BCUT2D eigenvalue weighted by Crippen LogP contribution is 2.31. The van der Waals surface area contributed by atoms with Gasteiger partial charge in [0.05, 0.1) is 13.7 Å². The molecule has 0 aliphatic carbocycles. The third-order valence-electron chi connectivity index (χ3n) is 2.55. The third-order valence-corrected chi connectivity index (χ3v) is 2.55. The summed E-state index contributed by atoms with van der Waals surface area (Å²) in [5, 5.41) is 12.1. The first kappa shape index (κ1) is 15.3. The number of nitrogens with one attached hydrogen (secondary N) is 1. The van der Waals surface area contributed by atoms with Crippen molar-refractivity contribution >= 4 is 5.91 Å². The van der Waals surface area contributed by atoms with Gasteiger partial charge in [-0.3, -0.25) is 4.79 Å². The lowest BCUT2D eigenvalue weighted by molar-refractivity contribution is -0.127. The van der Waals surface area contributed by atoms with Gasteiger partial charge in [0.2, 0.25) is 0 Å². The summed E-state index contributed by atoms with van der Waals surface area (Å²) in [4.78, 5) is 11.8. The highest BCUT2D eigenvalue weighted by Gasteiger charge is 2.19. The summed E-state index contributed by atoms with van der Waals surface area (Å²) in [5.41, 5.74) is 0.587. The molecule has 0 saturated carbocycles. The molecule has 1 aromatic rings. The highest BCUT2D eigenvalue weighted by atomic mass is 16.5. The van der Waals surface area contributed by atoms with Crippen LogP contribution in [0.4, 0.5) is 0 Å². The van der Waals surface area contributed by atoms with E-state index in [0.29, 0.717) is 17.1 Å². The Hall–Kier alpha value is -1.75. The summed E-state index contributed by atoms with van der Waals surface area (Å²) in [6.45, 7) is 5.25. The van der Waals surface area contributed by atoms with Crippen LogP contribution in [0.1, 0.15) is 26.3 Å². The number of rotatable bonds is 6. The molecule has 0 spiro atoms. The van der Waals surface area contributed by atoms with Crippen LogP contribution in [0.25, 0.3) is 0 Å². The number of carbonyl (C=O) groups is 1. The van der Waals surface area contributed by atoms with Gasteiger partial charge in [0.15, 0.2) is 17.6 Å². The zero-order chi connectivity index (χ0) is 14.4. The molecule has 5 heteroatoms. The Balaban J connectivity index is 2.89. The van der Waals surface area contributed by atoms with E-state index in [2.05, 4.69) is 5.32 Å². The maximum Gasteiger partial charge on any atom is 0.260 e. The van der Waals surface area contributed by atoms with E-state index < -0.39 is 6.10 Å². The predicted octanol–water partition coefficient (Wildman–Crippen LogP) is 1.48. The number of carbonyl (C=O) groups excluding carboxylic acids is 1. The molecule has 1 unspecified atom stereocenters. The van der Waals surface area contributed by atoms with Crippen molar-refractivity contribution < 1.29 is 19.4 Å². The van der Waals surface area contributed by atoms with Crippen molar-refractivity contribution in [3.8, 4) is 11.5 Å². The van der Waals surface area contributed by atoms with Crippen molar-refractivity contribution in [3.63, 3.8) is 0 Å². The van der Waals surface area contributed by atoms with Gasteiger partial charge in [0, 0.05) is 11.6 Å². The molecule has 0 aliphatic rings. The minimum atomic E-state index is -0.663. The van der Waals surface area contributed by atoms with E-state index in [9.17, 15) is 9.90 Å². The molecular weight excluding hydrogens is 246 g/mol. The second kappa shape index (κ2) is 6.99. The number of para-hydroxylation sites is 1. The topological polar surface area (TPSA) is 67.8 Å². The lowest BCUT2D eigenvalue weighted by Crippen LogP contribution is -2.40. The van der Waals surface area contributed by atoms with E-state index in [0.717, 1.165) is 0 Å². The fourth-order valence-corrected chi connectivity index (χ4v) is 1.61. The number of ether oxygens (including phenoxy) is 2. The molecule has 0 aromatic heterocycles. The average Bonchev–Trinajstić information content (AvgIpc) is 2.37. The molecule has 0 radical (unpaired) electrons. The summed E-state index contributed by atoms with van der Waals surface area (Å²) >= 11 is 0. The molecule has 0 fully saturated rings. The van der Waals surface area contributed by atoms with E-state index in [1.165, 1.54) is 7.11 Å². The van der Waals surface area contributed by atoms with Crippen molar-refractivity contribution in [1.29, 1.82) is 0 Å². The summed E-state index contributed by atoms with van der Waals surface area (Å²) in [5.74, 6) is 0.694. The number of hydrogen-bond donors (Lipinski definition) is 2. The molecule has 0 saturated heterocycles. The molecule has 1 rings (SSSR count). The number of aliphatic hydroxyl groups excluding tert-OH is 1. The van der Waals surface area contributed by atoms with Gasteiger partial charge in [-0.05, 0) is 26.8 Å². The number of hydrogen-bond acceptors (Lipinski definition) is 4. The average molecular weight is 267 g/mol. The van der Waals surface area contributed by atoms with E-state index in [4.69, 9.17) is 9.47 Å². The molecule has 0 heterocycles. The van der Waals surface area contributed by atoms with Crippen LogP contribution in [0.15, 0.2) is 18.2 Å². The lowest BCUT2D eigenvalue weighted by Gasteiger charge is -2.19. The maximum atomic E-state index is 11.8. The molecule has 106 valence electrons. The second-order valence-electron chi connectivity index (χ2n) is 4.53. The predicted molar refractivity (Wildman–Crippen MR) is 72.3 cm³/mol. The van der Waals surface area contributed by atoms with Crippen LogP contribution in [0, 0.1) is 0 Å². The van der Waals surface area contributed by atoms with Crippen molar-refractivity contribution in [2.24, 2.45) is 0 Å². The van der Waals surface area contributed by atoms with Gasteiger partial charge in [-0.2, -0.15) is 0 Å². The molecule has 1 amide bonds. The largest absolute Gasteiger partial charge is 0.493 e. The summed E-state index contributed by atoms with van der Waals surface area (Å²) in [7, 11) is 1.52. The van der Waals surface area contributed by atoms with Crippen molar-refractivity contribution in [1.82, 2.24) is 5.32 Å². The highest BCUT2D eigenvalue weighted by molar-refractivity contribution is 5.81. The smallest absolute Gasteiger partial charge is 0.260 e. The normalized spacial score (nSPS) is 12.1. The zero-order valence-corrected chi connectivity index (χ0v) is 11.8.